The number of nitriles is 1. The van der Waals surface area contributed by atoms with Gasteiger partial charge in [0.1, 0.15) is 5.75 Å². The van der Waals surface area contributed by atoms with E-state index < -0.39 is 0 Å². The van der Waals surface area contributed by atoms with E-state index in [1.807, 2.05) is 42.6 Å². The number of ether oxygens (including phenoxy) is 1. The minimum atomic E-state index is 0.695. The van der Waals surface area contributed by atoms with Crippen LogP contribution >= 0.6 is 15.9 Å². The molecule has 0 saturated heterocycles. The normalized spacial score (nSPS) is 10.5. The Labute approximate surface area is 131 Å². The number of fused-ring (bicyclic) bond motifs is 1. The summed E-state index contributed by atoms with van der Waals surface area (Å²) in [5, 5.41) is 10.1. The first-order valence-electron chi connectivity index (χ1n) is 6.53. The predicted molar refractivity (Wildman–Crippen MR) is 86.4 cm³/mol. The van der Waals surface area contributed by atoms with E-state index in [1.54, 1.807) is 7.11 Å². The first kappa shape index (κ1) is 13.7. The van der Waals surface area contributed by atoms with Crippen LogP contribution in [-0.2, 0) is 6.54 Å². The first-order valence-corrected chi connectivity index (χ1v) is 7.32. The van der Waals surface area contributed by atoms with E-state index >= 15 is 0 Å². The molecule has 1 heterocycles. The van der Waals surface area contributed by atoms with E-state index in [-0.39, 0.29) is 0 Å². The third-order valence-electron chi connectivity index (χ3n) is 3.52. The Morgan fingerprint density at radius 1 is 1.24 bits per heavy atom. The molecular formula is C17H13BrN2O. The Hall–Kier alpha value is -2.25. The van der Waals surface area contributed by atoms with Crippen molar-refractivity contribution in [2.45, 2.75) is 6.54 Å². The van der Waals surface area contributed by atoms with Gasteiger partial charge in [0.15, 0.2) is 0 Å². The van der Waals surface area contributed by atoms with E-state index in [1.165, 1.54) is 0 Å². The van der Waals surface area contributed by atoms with Gasteiger partial charge in [0, 0.05) is 27.1 Å². The second kappa shape index (κ2) is 5.63. The lowest BCUT2D eigenvalue weighted by atomic mass is 10.1. The van der Waals surface area contributed by atoms with Crippen molar-refractivity contribution >= 4 is 26.8 Å². The van der Waals surface area contributed by atoms with Crippen LogP contribution in [0.15, 0.2) is 53.1 Å². The van der Waals surface area contributed by atoms with Crippen LogP contribution in [0.5, 0.6) is 5.75 Å². The van der Waals surface area contributed by atoms with Gasteiger partial charge < -0.3 is 9.30 Å². The highest BCUT2D eigenvalue weighted by Gasteiger charge is 2.09. The molecule has 0 aliphatic rings. The number of rotatable bonds is 3. The van der Waals surface area contributed by atoms with Crippen LogP contribution in [0.1, 0.15) is 11.1 Å². The van der Waals surface area contributed by atoms with Gasteiger partial charge in [0.25, 0.3) is 0 Å². The average molecular weight is 341 g/mol. The highest BCUT2D eigenvalue weighted by atomic mass is 79.9. The molecule has 0 fully saturated rings. The molecule has 0 spiro atoms. The van der Waals surface area contributed by atoms with E-state index in [4.69, 9.17) is 10.00 Å². The molecule has 0 aliphatic heterocycles. The third kappa shape index (κ3) is 2.53. The second-order valence-corrected chi connectivity index (χ2v) is 5.67. The third-order valence-corrected chi connectivity index (χ3v) is 4.01. The Morgan fingerprint density at radius 3 is 2.86 bits per heavy atom. The Balaban J connectivity index is 2.07. The maximum absolute atomic E-state index is 9.17. The molecule has 0 saturated carbocycles. The average Bonchev–Trinajstić information content (AvgIpc) is 2.91. The molecule has 1 aromatic heterocycles. The molecule has 0 aliphatic carbocycles. The molecule has 3 nitrogen and oxygen atoms in total. The van der Waals surface area contributed by atoms with E-state index in [2.05, 4.69) is 32.6 Å². The zero-order valence-electron chi connectivity index (χ0n) is 11.5. The fourth-order valence-electron chi connectivity index (χ4n) is 2.51. The standard InChI is InChI=1S/C17H13BrN2O/c1-21-17-6-5-14(18)9-13(17)11-20-8-7-15-12(10-19)3-2-4-16(15)20/h2-9H,11H2,1H3. The SMILES string of the molecule is COc1ccc(Br)cc1Cn1ccc2c(C#N)cccc21. The van der Waals surface area contributed by atoms with Crippen molar-refractivity contribution in [3.8, 4) is 11.8 Å². The topological polar surface area (TPSA) is 38.0 Å². The Morgan fingerprint density at radius 2 is 2.10 bits per heavy atom. The summed E-state index contributed by atoms with van der Waals surface area (Å²) in [6.45, 7) is 0.695. The highest BCUT2D eigenvalue weighted by molar-refractivity contribution is 9.10. The summed E-state index contributed by atoms with van der Waals surface area (Å²) < 4.78 is 8.57. The van der Waals surface area contributed by atoms with Crippen molar-refractivity contribution in [2.75, 3.05) is 7.11 Å². The highest BCUT2D eigenvalue weighted by Crippen LogP contribution is 2.26. The number of hydrogen-bond donors (Lipinski definition) is 0. The van der Waals surface area contributed by atoms with E-state index in [9.17, 15) is 0 Å². The number of hydrogen-bond acceptors (Lipinski definition) is 2. The summed E-state index contributed by atoms with van der Waals surface area (Å²) in [7, 11) is 1.67. The number of benzene rings is 2. The summed E-state index contributed by atoms with van der Waals surface area (Å²) in [6, 6.07) is 16.0. The molecule has 0 bridgehead atoms. The molecule has 4 heteroatoms. The quantitative estimate of drug-likeness (QED) is 0.711. The van der Waals surface area contributed by atoms with Gasteiger partial charge in [-0.3, -0.25) is 0 Å². The van der Waals surface area contributed by atoms with Crippen LogP contribution in [0.2, 0.25) is 0 Å². The van der Waals surface area contributed by atoms with Gasteiger partial charge in [-0.15, -0.1) is 0 Å². The zero-order valence-corrected chi connectivity index (χ0v) is 13.1. The molecule has 0 unspecified atom stereocenters. The van der Waals surface area contributed by atoms with Crippen LogP contribution in [0.3, 0.4) is 0 Å². The van der Waals surface area contributed by atoms with Crippen LogP contribution in [0.4, 0.5) is 0 Å². The van der Waals surface area contributed by atoms with Crippen molar-refractivity contribution in [1.82, 2.24) is 4.57 Å². The van der Waals surface area contributed by atoms with Gasteiger partial charge >= 0.3 is 0 Å². The fraction of sp³-hybridized carbons (Fsp3) is 0.118. The van der Waals surface area contributed by atoms with Gasteiger partial charge in [-0.1, -0.05) is 22.0 Å². The minimum Gasteiger partial charge on any atom is -0.496 e. The lowest BCUT2D eigenvalue weighted by molar-refractivity contribution is 0.408. The largest absolute Gasteiger partial charge is 0.496 e. The second-order valence-electron chi connectivity index (χ2n) is 4.75. The Kier molecular flexibility index (Phi) is 3.68. The molecule has 3 aromatic rings. The maximum Gasteiger partial charge on any atom is 0.123 e. The predicted octanol–water partition coefficient (Wildman–Crippen LogP) is 4.33. The van der Waals surface area contributed by atoms with E-state index in [0.29, 0.717) is 12.1 Å². The molecule has 21 heavy (non-hydrogen) atoms. The van der Waals surface area contributed by atoms with Gasteiger partial charge in [0.2, 0.25) is 0 Å². The van der Waals surface area contributed by atoms with Crippen LogP contribution in [0.25, 0.3) is 10.9 Å². The number of nitrogens with zero attached hydrogens (tertiary/aromatic N) is 2. The summed E-state index contributed by atoms with van der Waals surface area (Å²) in [5.74, 6) is 0.858. The minimum absolute atomic E-state index is 0.695. The van der Waals surface area contributed by atoms with Crippen LogP contribution < -0.4 is 4.74 Å². The summed E-state index contributed by atoms with van der Waals surface area (Å²) in [5.41, 5.74) is 2.84. The van der Waals surface area contributed by atoms with Gasteiger partial charge in [-0.2, -0.15) is 5.26 Å². The number of halogens is 1. The van der Waals surface area contributed by atoms with Gasteiger partial charge in [-0.25, -0.2) is 0 Å². The smallest absolute Gasteiger partial charge is 0.123 e. The Bertz CT molecular complexity index is 846. The zero-order chi connectivity index (χ0) is 14.8. The molecule has 0 radical (unpaired) electrons. The maximum atomic E-state index is 9.17. The van der Waals surface area contributed by atoms with Gasteiger partial charge in [0.05, 0.1) is 25.3 Å². The lowest BCUT2D eigenvalue weighted by Gasteiger charge is -2.11. The lowest BCUT2D eigenvalue weighted by Crippen LogP contribution is -2.00. The molecule has 0 amide bonds. The van der Waals surface area contributed by atoms with Crippen molar-refractivity contribution in [3.05, 3.63) is 64.3 Å². The van der Waals surface area contributed by atoms with Crippen molar-refractivity contribution in [2.24, 2.45) is 0 Å². The van der Waals surface area contributed by atoms with E-state index in [0.717, 1.165) is 26.7 Å². The summed E-state index contributed by atoms with van der Waals surface area (Å²) in [6.07, 6.45) is 2.01. The number of methoxy groups -OCH3 is 1. The molecule has 2 aromatic carbocycles. The summed E-state index contributed by atoms with van der Waals surface area (Å²) in [4.78, 5) is 0. The van der Waals surface area contributed by atoms with Gasteiger partial charge in [-0.05, 0) is 36.4 Å². The molecule has 3 rings (SSSR count). The fourth-order valence-corrected chi connectivity index (χ4v) is 2.92. The number of aromatic nitrogens is 1. The van der Waals surface area contributed by atoms with Crippen LogP contribution in [0, 0.1) is 11.3 Å². The van der Waals surface area contributed by atoms with Crippen molar-refractivity contribution < 1.29 is 4.74 Å². The van der Waals surface area contributed by atoms with Crippen molar-refractivity contribution in [3.63, 3.8) is 0 Å². The van der Waals surface area contributed by atoms with Crippen molar-refractivity contribution in [1.29, 1.82) is 5.26 Å². The molecular weight excluding hydrogens is 328 g/mol. The molecule has 0 atom stereocenters. The van der Waals surface area contributed by atoms with Crippen LogP contribution in [-0.4, -0.2) is 11.7 Å². The monoisotopic (exact) mass is 340 g/mol. The first-order chi connectivity index (χ1) is 10.2. The molecule has 104 valence electrons. The summed E-state index contributed by atoms with van der Waals surface area (Å²) >= 11 is 3.49. The molecule has 0 N–H and O–H groups in total.